The highest BCUT2D eigenvalue weighted by Crippen LogP contribution is 2.36. The number of likely N-dealkylation sites (N-methyl/N-ethyl adjacent to an activating group) is 1. The molecule has 2 aliphatic rings. The van der Waals surface area contributed by atoms with Crippen LogP contribution in [0.5, 0.6) is 0 Å². The number of rotatable bonds is 1. The number of benzene rings is 1. The highest BCUT2D eigenvalue weighted by molar-refractivity contribution is 6.31. The molecule has 0 amide bonds. The average molecular weight is 364 g/mol. The Morgan fingerprint density at radius 1 is 1.15 bits per heavy atom. The summed E-state index contributed by atoms with van der Waals surface area (Å²) < 4.78 is 2.43. The average Bonchev–Trinajstić information content (AvgIpc) is 2.94. The van der Waals surface area contributed by atoms with E-state index in [0.29, 0.717) is 0 Å². The number of halogens is 1. The minimum atomic E-state index is 0.812. The van der Waals surface area contributed by atoms with Crippen molar-refractivity contribution in [3.63, 3.8) is 0 Å². The van der Waals surface area contributed by atoms with Crippen LogP contribution in [0.1, 0.15) is 35.2 Å². The van der Waals surface area contributed by atoms with Crippen LogP contribution in [-0.2, 0) is 19.4 Å². The van der Waals surface area contributed by atoms with Crippen LogP contribution in [0.15, 0.2) is 36.7 Å². The monoisotopic (exact) mass is 363 g/mol. The Morgan fingerprint density at radius 2 is 2.08 bits per heavy atom. The molecule has 26 heavy (non-hydrogen) atoms. The van der Waals surface area contributed by atoms with Gasteiger partial charge in [-0.1, -0.05) is 11.6 Å². The third-order valence-corrected chi connectivity index (χ3v) is 6.00. The molecular formula is C22H22ClN3. The van der Waals surface area contributed by atoms with E-state index in [1.165, 1.54) is 45.3 Å². The van der Waals surface area contributed by atoms with Crippen LogP contribution in [-0.4, -0.2) is 28.0 Å². The van der Waals surface area contributed by atoms with E-state index >= 15 is 0 Å². The summed E-state index contributed by atoms with van der Waals surface area (Å²) in [6.07, 6.45) is 10.8. The summed E-state index contributed by atoms with van der Waals surface area (Å²) in [4.78, 5) is 6.70. The van der Waals surface area contributed by atoms with E-state index in [1.54, 1.807) is 0 Å². The Kier molecular flexibility index (Phi) is 3.87. The molecule has 0 atom stereocenters. The molecule has 0 N–H and O–H groups in total. The molecule has 0 spiro atoms. The molecule has 1 aliphatic carbocycles. The van der Waals surface area contributed by atoms with E-state index in [0.717, 1.165) is 37.4 Å². The molecule has 4 heteroatoms. The Balaban J connectivity index is 1.74. The SMILES string of the molecule is CN1CCc2c(c3cc(Cl)ccc3n2C=C2CCCc3cnccc32)C1. The molecule has 3 nitrogen and oxygen atoms in total. The van der Waals surface area contributed by atoms with Crippen LogP contribution in [0.25, 0.3) is 22.7 Å². The van der Waals surface area contributed by atoms with Crippen LogP contribution in [0, 0.1) is 0 Å². The first-order chi connectivity index (χ1) is 12.7. The Morgan fingerprint density at radius 3 is 3.00 bits per heavy atom. The number of allylic oxidation sites excluding steroid dienone is 1. The molecule has 5 rings (SSSR count). The summed E-state index contributed by atoms with van der Waals surface area (Å²) >= 11 is 6.32. The summed E-state index contributed by atoms with van der Waals surface area (Å²) in [5, 5.41) is 2.11. The normalized spacial score (nSPS) is 18.9. The van der Waals surface area contributed by atoms with Gasteiger partial charge in [0.25, 0.3) is 0 Å². The lowest BCUT2D eigenvalue weighted by molar-refractivity contribution is 0.312. The summed E-state index contributed by atoms with van der Waals surface area (Å²) in [6, 6.07) is 8.47. The maximum absolute atomic E-state index is 6.32. The standard InChI is InChI=1S/C22H22ClN3/c1-25-10-8-22-20(14-25)19-11-17(23)5-6-21(19)26(22)13-16-4-2-3-15-12-24-9-7-18(15)16/h5-7,9,11-13H,2-4,8,10,14H2,1H3. The first-order valence-electron chi connectivity index (χ1n) is 9.34. The van der Waals surface area contributed by atoms with Gasteiger partial charge in [0.15, 0.2) is 0 Å². The van der Waals surface area contributed by atoms with Gasteiger partial charge in [0, 0.05) is 54.2 Å². The Hall–Kier alpha value is -2.10. The molecule has 3 heterocycles. The highest BCUT2D eigenvalue weighted by Gasteiger charge is 2.23. The predicted molar refractivity (Wildman–Crippen MR) is 108 cm³/mol. The van der Waals surface area contributed by atoms with E-state index in [9.17, 15) is 0 Å². The van der Waals surface area contributed by atoms with Crippen molar-refractivity contribution in [2.24, 2.45) is 0 Å². The van der Waals surface area contributed by atoms with Gasteiger partial charge in [0.05, 0.1) is 5.52 Å². The first-order valence-corrected chi connectivity index (χ1v) is 9.72. The zero-order chi connectivity index (χ0) is 17.7. The van der Waals surface area contributed by atoms with Crippen molar-refractivity contribution in [3.05, 3.63) is 64.1 Å². The summed E-state index contributed by atoms with van der Waals surface area (Å²) in [6.45, 7) is 2.09. The fourth-order valence-electron chi connectivity index (χ4n) is 4.48. The number of aryl methyl sites for hydroxylation is 1. The fraction of sp³-hybridized carbons (Fsp3) is 0.318. The summed E-state index contributed by atoms with van der Waals surface area (Å²) in [7, 11) is 2.19. The van der Waals surface area contributed by atoms with Gasteiger partial charge < -0.3 is 9.47 Å². The van der Waals surface area contributed by atoms with Crippen LogP contribution in [0.2, 0.25) is 5.02 Å². The lowest BCUT2D eigenvalue weighted by Gasteiger charge is -2.24. The van der Waals surface area contributed by atoms with Crippen molar-refractivity contribution in [1.29, 1.82) is 0 Å². The molecule has 1 aromatic carbocycles. The minimum absolute atomic E-state index is 0.812. The largest absolute Gasteiger partial charge is 0.320 e. The maximum Gasteiger partial charge on any atom is 0.0529 e. The number of hydrogen-bond acceptors (Lipinski definition) is 2. The van der Waals surface area contributed by atoms with Gasteiger partial charge in [-0.25, -0.2) is 0 Å². The predicted octanol–water partition coefficient (Wildman–Crippen LogP) is 5.01. The summed E-state index contributed by atoms with van der Waals surface area (Å²) in [5.41, 5.74) is 8.29. The minimum Gasteiger partial charge on any atom is -0.320 e. The molecule has 0 radical (unpaired) electrons. The number of aromatic nitrogens is 2. The molecule has 0 bridgehead atoms. The van der Waals surface area contributed by atoms with Crippen molar-refractivity contribution in [2.45, 2.75) is 32.2 Å². The van der Waals surface area contributed by atoms with Gasteiger partial charge in [0.1, 0.15) is 0 Å². The van der Waals surface area contributed by atoms with Crippen molar-refractivity contribution < 1.29 is 0 Å². The van der Waals surface area contributed by atoms with Crippen LogP contribution >= 0.6 is 11.6 Å². The van der Waals surface area contributed by atoms with Crippen molar-refractivity contribution in [3.8, 4) is 0 Å². The Bertz CT molecular complexity index is 1030. The van der Waals surface area contributed by atoms with E-state index < -0.39 is 0 Å². The van der Waals surface area contributed by atoms with Crippen LogP contribution in [0.4, 0.5) is 0 Å². The zero-order valence-corrected chi connectivity index (χ0v) is 15.8. The number of nitrogens with zero attached hydrogens (tertiary/aromatic N) is 3. The molecule has 1 aliphatic heterocycles. The quantitative estimate of drug-likeness (QED) is 0.605. The van der Waals surface area contributed by atoms with Crippen LogP contribution in [0.3, 0.4) is 0 Å². The molecule has 0 unspecified atom stereocenters. The molecule has 3 aromatic rings. The third kappa shape index (κ3) is 2.58. The van der Waals surface area contributed by atoms with E-state index in [1.807, 2.05) is 18.5 Å². The van der Waals surface area contributed by atoms with E-state index in [4.69, 9.17) is 11.6 Å². The smallest absolute Gasteiger partial charge is 0.0529 e. The van der Waals surface area contributed by atoms with Gasteiger partial charge >= 0.3 is 0 Å². The first kappa shape index (κ1) is 16.1. The molecule has 2 aromatic heterocycles. The fourth-order valence-corrected chi connectivity index (χ4v) is 4.65. The molecule has 0 saturated carbocycles. The second-order valence-electron chi connectivity index (χ2n) is 7.49. The lowest BCUT2D eigenvalue weighted by Crippen LogP contribution is -2.26. The van der Waals surface area contributed by atoms with Gasteiger partial charge in [-0.3, -0.25) is 4.98 Å². The van der Waals surface area contributed by atoms with Crippen molar-refractivity contribution >= 4 is 34.3 Å². The third-order valence-electron chi connectivity index (χ3n) is 5.77. The zero-order valence-electron chi connectivity index (χ0n) is 15.0. The highest BCUT2D eigenvalue weighted by atomic mass is 35.5. The lowest BCUT2D eigenvalue weighted by atomic mass is 9.89. The summed E-state index contributed by atoms with van der Waals surface area (Å²) in [5.74, 6) is 0. The molecule has 0 fully saturated rings. The second kappa shape index (κ2) is 6.26. The van der Waals surface area contributed by atoms with E-state index in [2.05, 4.69) is 45.9 Å². The van der Waals surface area contributed by atoms with Crippen LogP contribution < -0.4 is 0 Å². The number of pyridine rings is 1. The van der Waals surface area contributed by atoms with Gasteiger partial charge in [-0.15, -0.1) is 0 Å². The van der Waals surface area contributed by atoms with Crippen molar-refractivity contribution in [2.75, 3.05) is 13.6 Å². The number of hydrogen-bond donors (Lipinski definition) is 0. The molecule has 132 valence electrons. The van der Waals surface area contributed by atoms with Gasteiger partial charge in [0.2, 0.25) is 0 Å². The second-order valence-corrected chi connectivity index (χ2v) is 7.92. The topological polar surface area (TPSA) is 21.1 Å². The molecular weight excluding hydrogens is 342 g/mol. The molecule has 0 saturated heterocycles. The van der Waals surface area contributed by atoms with E-state index in [-0.39, 0.29) is 0 Å². The number of fused-ring (bicyclic) bond motifs is 4. The van der Waals surface area contributed by atoms with Gasteiger partial charge in [-0.05, 0) is 72.8 Å². The van der Waals surface area contributed by atoms with Gasteiger partial charge in [-0.2, -0.15) is 0 Å². The van der Waals surface area contributed by atoms with Crippen molar-refractivity contribution in [1.82, 2.24) is 14.5 Å². The maximum atomic E-state index is 6.32. The Labute approximate surface area is 158 Å².